The zero-order valence-electron chi connectivity index (χ0n) is 14.3. The summed E-state index contributed by atoms with van der Waals surface area (Å²) >= 11 is 0. The maximum Gasteiger partial charge on any atom is 0.271 e. The number of anilines is 1. The van der Waals surface area contributed by atoms with E-state index in [0.29, 0.717) is 16.8 Å². The van der Waals surface area contributed by atoms with E-state index in [9.17, 15) is 9.59 Å². The number of amides is 2. The summed E-state index contributed by atoms with van der Waals surface area (Å²) in [5.74, 6) is -0.515. The first kappa shape index (κ1) is 17.4. The van der Waals surface area contributed by atoms with E-state index >= 15 is 0 Å². The summed E-state index contributed by atoms with van der Waals surface area (Å²) in [4.78, 5) is 24.3. The average molecular weight is 349 g/mol. The number of nitrogens with one attached hydrogen (secondary N) is 2. The highest BCUT2D eigenvalue weighted by molar-refractivity contribution is 6.05. The number of nitrogens with zero attached hydrogens (tertiary/aromatic N) is 1. The quantitative estimate of drug-likeness (QED) is 0.642. The molecule has 1 unspecified atom stereocenters. The number of carbonyl (C=O) groups excluding carboxylic acids is 2. The predicted molar refractivity (Wildman–Crippen MR) is 100 cm³/mol. The molecule has 26 heavy (non-hydrogen) atoms. The lowest BCUT2D eigenvalue weighted by Gasteiger charge is -2.08. The van der Waals surface area contributed by atoms with Crippen molar-refractivity contribution in [2.45, 2.75) is 19.4 Å². The van der Waals surface area contributed by atoms with Crippen LogP contribution in [0.5, 0.6) is 0 Å². The third kappa shape index (κ3) is 4.36. The molecule has 0 aliphatic carbocycles. The number of ether oxygens (including phenoxy) is 1. The summed E-state index contributed by atoms with van der Waals surface area (Å²) in [6.45, 7) is 1.88. The molecule has 0 radical (unpaired) electrons. The molecular weight excluding hydrogens is 330 g/mol. The van der Waals surface area contributed by atoms with Gasteiger partial charge in [-0.3, -0.25) is 9.59 Å². The van der Waals surface area contributed by atoms with Gasteiger partial charge in [0.1, 0.15) is 6.10 Å². The molecule has 3 rings (SSSR count). The predicted octanol–water partition coefficient (Wildman–Crippen LogP) is 3.27. The number of hydrogen-bond acceptors (Lipinski definition) is 4. The Labute approximate surface area is 151 Å². The SMILES string of the molecule is Cc1ccccc1C(=O)Nc1ccc(C(=O)N/N=C/C2CC=CO2)cc1. The van der Waals surface area contributed by atoms with E-state index < -0.39 is 0 Å². The largest absolute Gasteiger partial charge is 0.492 e. The lowest BCUT2D eigenvalue weighted by molar-refractivity contribution is 0.0954. The first-order valence-corrected chi connectivity index (χ1v) is 8.24. The maximum atomic E-state index is 12.3. The molecule has 2 aromatic carbocycles. The second-order valence-electron chi connectivity index (χ2n) is 5.85. The van der Waals surface area contributed by atoms with Crippen molar-refractivity contribution >= 4 is 23.7 Å². The average Bonchev–Trinajstić information content (AvgIpc) is 3.16. The van der Waals surface area contributed by atoms with E-state index in [2.05, 4.69) is 15.8 Å². The molecule has 2 amide bonds. The van der Waals surface area contributed by atoms with Crippen LogP contribution >= 0.6 is 0 Å². The molecule has 0 fully saturated rings. The molecule has 0 saturated carbocycles. The normalized spacial score (nSPS) is 15.7. The van der Waals surface area contributed by atoms with Gasteiger partial charge in [-0.2, -0.15) is 5.10 Å². The van der Waals surface area contributed by atoms with Gasteiger partial charge in [0.25, 0.3) is 11.8 Å². The van der Waals surface area contributed by atoms with Gasteiger partial charge in [0, 0.05) is 23.2 Å². The standard InChI is InChI=1S/C20H19N3O3/c1-14-5-2-3-7-18(14)20(25)22-16-10-8-15(9-11-16)19(24)23-21-13-17-6-4-12-26-17/h2-5,7-13,17H,6H2,1H3,(H,22,25)(H,23,24)/b21-13+. The number of rotatable bonds is 5. The molecular formula is C20H19N3O3. The lowest BCUT2D eigenvalue weighted by Crippen LogP contribution is -2.19. The van der Waals surface area contributed by atoms with Crippen molar-refractivity contribution < 1.29 is 14.3 Å². The van der Waals surface area contributed by atoms with Gasteiger partial charge in [0.05, 0.1) is 12.5 Å². The van der Waals surface area contributed by atoms with Crippen LogP contribution in [0.2, 0.25) is 0 Å². The van der Waals surface area contributed by atoms with Gasteiger partial charge in [-0.1, -0.05) is 18.2 Å². The third-order valence-corrected chi connectivity index (χ3v) is 3.92. The summed E-state index contributed by atoms with van der Waals surface area (Å²) < 4.78 is 5.22. The molecule has 132 valence electrons. The van der Waals surface area contributed by atoms with Crippen LogP contribution in [0.1, 0.15) is 32.7 Å². The molecule has 1 aliphatic heterocycles. The molecule has 2 aromatic rings. The van der Waals surface area contributed by atoms with E-state index in [-0.39, 0.29) is 17.9 Å². The second kappa shape index (κ2) is 8.11. The Hall–Kier alpha value is -3.41. The summed E-state index contributed by atoms with van der Waals surface area (Å²) in [5.41, 5.74) is 5.04. The van der Waals surface area contributed by atoms with Gasteiger partial charge in [0.2, 0.25) is 0 Å². The molecule has 1 atom stereocenters. The van der Waals surface area contributed by atoms with Crippen molar-refractivity contribution in [3.05, 3.63) is 77.6 Å². The summed E-state index contributed by atoms with van der Waals surface area (Å²) in [6.07, 6.45) is 5.67. The van der Waals surface area contributed by atoms with E-state index in [1.807, 2.05) is 31.2 Å². The molecule has 0 spiro atoms. The van der Waals surface area contributed by atoms with E-state index in [4.69, 9.17) is 4.74 Å². The van der Waals surface area contributed by atoms with Crippen molar-refractivity contribution in [2.24, 2.45) is 5.10 Å². The van der Waals surface area contributed by atoms with Crippen LogP contribution in [-0.4, -0.2) is 24.1 Å². The second-order valence-corrected chi connectivity index (χ2v) is 5.85. The highest BCUT2D eigenvalue weighted by Crippen LogP contribution is 2.13. The molecule has 0 aromatic heterocycles. The van der Waals surface area contributed by atoms with Gasteiger partial charge in [-0.05, 0) is 48.9 Å². The Balaban J connectivity index is 1.56. The van der Waals surface area contributed by atoms with Gasteiger partial charge in [-0.25, -0.2) is 5.43 Å². The highest BCUT2D eigenvalue weighted by Gasteiger charge is 2.10. The molecule has 1 aliphatic rings. The van der Waals surface area contributed by atoms with Crippen molar-refractivity contribution in [1.29, 1.82) is 0 Å². The van der Waals surface area contributed by atoms with Crippen molar-refractivity contribution in [3.63, 3.8) is 0 Å². The van der Waals surface area contributed by atoms with Crippen LogP contribution in [0.4, 0.5) is 5.69 Å². The Bertz CT molecular complexity index is 849. The number of hydrogen-bond donors (Lipinski definition) is 2. The zero-order valence-corrected chi connectivity index (χ0v) is 14.3. The fraction of sp³-hybridized carbons (Fsp3) is 0.150. The van der Waals surface area contributed by atoms with Crippen LogP contribution in [0.3, 0.4) is 0 Å². The van der Waals surface area contributed by atoms with E-state index in [1.54, 1.807) is 42.8 Å². The number of carbonyl (C=O) groups is 2. The fourth-order valence-electron chi connectivity index (χ4n) is 2.47. The summed E-state index contributed by atoms with van der Waals surface area (Å²) in [5, 5.41) is 6.71. The van der Waals surface area contributed by atoms with Crippen molar-refractivity contribution in [3.8, 4) is 0 Å². The zero-order chi connectivity index (χ0) is 18.4. The topological polar surface area (TPSA) is 79.8 Å². The number of aryl methyl sites for hydroxylation is 1. The maximum absolute atomic E-state index is 12.3. The van der Waals surface area contributed by atoms with Gasteiger partial charge >= 0.3 is 0 Å². The first-order valence-electron chi connectivity index (χ1n) is 8.24. The van der Waals surface area contributed by atoms with Crippen LogP contribution in [0.25, 0.3) is 0 Å². The minimum absolute atomic E-state index is 0.130. The van der Waals surface area contributed by atoms with Crippen LogP contribution < -0.4 is 10.7 Å². The Morgan fingerprint density at radius 2 is 1.88 bits per heavy atom. The summed E-state index contributed by atoms with van der Waals surface area (Å²) in [6, 6.07) is 14.0. The Morgan fingerprint density at radius 3 is 2.58 bits per heavy atom. The summed E-state index contributed by atoms with van der Waals surface area (Å²) in [7, 11) is 0. The first-order chi connectivity index (χ1) is 12.6. The molecule has 6 heteroatoms. The van der Waals surface area contributed by atoms with Gasteiger partial charge in [-0.15, -0.1) is 0 Å². The van der Waals surface area contributed by atoms with Crippen LogP contribution in [-0.2, 0) is 4.74 Å². The minimum Gasteiger partial charge on any atom is -0.492 e. The number of hydrazone groups is 1. The van der Waals surface area contributed by atoms with E-state index in [0.717, 1.165) is 12.0 Å². The molecule has 1 heterocycles. The van der Waals surface area contributed by atoms with Gasteiger partial charge < -0.3 is 10.1 Å². The third-order valence-electron chi connectivity index (χ3n) is 3.92. The van der Waals surface area contributed by atoms with E-state index in [1.165, 1.54) is 0 Å². The number of benzene rings is 2. The monoisotopic (exact) mass is 349 g/mol. The lowest BCUT2D eigenvalue weighted by atomic mass is 10.1. The molecule has 0 saturated heterocycles. The molecule has 6 nitrogen and oxygen atoms in total. The van der Waals surface area contributed by atoms with Crippen molar-refractivity contribution in [1.82, 2.24) is 5.43 Å². The molecule has 0 bridgehead atoms. The van der Waals surface area contributed by atoms with Crippen LogP contribution in [0, 0.1) is 6.92 Å². The smallest absolute Gasteiger partial charge is 0.271 e. The Kier molecular flexibility index (Phi) is 5.43. The highest BCUT2D eigenvalue weighted by atomic mass is 16.5. The van der Waals surface area contributed by atoms with Gasteiger partial charge in [0.15, 0.2) is 0 Å². The van der Waals surface area contributed by atoms with Crippen molar-refractivity contribution in [2.75, 3.05) is 5.32 Å². The van der Waals surface area contributed by atoms with Crippen LogP contribution in [0.15, 0.2) is 66.0 Å². The minimum atomic E-state index is -0.330. The Morgan fingerprint density at radius 1 is 1.12 bits per heavy atom. The fourth-order valence-corrected chi connectivity index (χ4v) is 2.47. The molecule has 2 N–H and O–H groups in total.